The molecule has 1 aromatic carbocycles. The van der Waals surface area contributed by atoms with Crippen molar-refractivity contribution in [2.75, 3.05) is 0 Å². The smallest absolute Gasteiger partial charge is 0.0836 e. The first-order valence-corrected chi connectivity index (χ1v) is 6.25. The summed E-state index contributed by atoms with van der Waals surface area (Å²) in [5, 5.41) is 11.5. The Morgan fingerprint density at radius 2 is 2.00 bits per heavy atom. The number of aliphatic hydroxyl groups is 1. The SMILES string of the molecule is CCCC(C)C(O)c1cccc2cccnc12. The quantitative estimate of drug-likeness (QED) is 0.867. The van der Waals surface area contributed by atoms with Gasteiger partial charge < -0.3 is 5.11 Å². The van der Waals surface area contributed by atoms with Gasteiger partial charge in [-0.05, 0) is 18.4 Å². The zero-order chi connectivity index (χ0) is 12.3. The van der Waals surface area contributed by atoms with E-state index in [1.54, 1.807) is 6.20 Å². The van der Waals surface area contributed by atoms with Gasteiger partial charge in [-0.2, -0.15) is 0 Å². The van der Waals surface area contributed by atoms with E-state index < -0.39 is 6.10 Å². The topological polar surface area (TPSA) is 33.1 Å². The molecule has 2 heteroatoms. The highest BCUT2D eigenvalue weighted by Crippen LogP contribution is 2.29. The van der Waals surface area contributed by atoms with Crippen LogP contribution in [-0.4, -0.2) is 10.1 Å². The molecule has 0 saturated heterocycles. The lowest BCUT2D eigenvalue weighted by atomic mass is 9.92. The molecule has 1 N–H and O–H groups in total. The second-order valence-electron chi connectivity index (χ2n) is 4.63. The van der Waals surface area contributed by atoms with Crippen LogP contribution in [0.3, 0.4) is 0 Å². The number of rotatable bonds is 4. The molecule has 17 heavy (non-hydrogen) atoms. The fraction of sp³-hybridized carbons (Fsp3) is 0.400. The summed E-state index contributed by atoms with van der Waals surface area (Å²) < 4.78 is 0. The molecule has 0 aliphatic heterocycles. The lowest BCUT2D eigenvalue weighted by Gasteiger charge is -2.19. The van der Waals surface area contributed by atoms with Gasteiger partial charge in [0, 0.05) is 17.1 Å². The van der Waals surface area contributed by atoms with Crippen molar-refractivity contribution in [3.63, 3.8) is 0 Å². The molecule has 0 bridgehead atoms. The molecule has 0 spiro atoms. The molecule has 1 aromatic heterocycles. The largest absolute Gasteiger partial charge is 0.388 e. The van der Waals surface area contributed by atoms with Crippen LogP contribution in [0.5, 0.6) is 0 Å². The first kappa shape index (κ1) is 12.1. The Hall–Kier alpha value is -1.41. The van der Waals surface area contributed by atoms with Gasteiger partial charge in [-0.25, -0.2) is 0 Å². The number of aromatic nitrogens is 1. The van der Waals surface area contributed by atoms with Crippen LogP contribution in [0.25, 0.3) is 10.9 Å². The molecule has 2 aromatic rings. The average Bonchev–Trinajstić information content (AvgIpc) is 2.37. The summed E-state index contributed by atoms with van der Waals surface area (Å²) in [7, 11) is 0. The van der Waals surface area contributed by atoms with E-state index in [1.165, 1.54) is 0 Å². The van der Waals surface area contributed by atoms with Crippen LogP contribution < -0.4 is 0 Å². The molecule has 2 unspecified atom stereocenters. The van der Waals surface area contributed by atoms with E-state index in [1.807, 2.05) is 30.3 Å². The molecular weight excluding hydrogens is 210 g/mol. The molecule has 0 radical (unpaired) electrons. The first-order valence-electron chi connectivity index (χ1n) is 6.25. The maximum atomic E-state index is 10.4. The van der Waals surface area contributed by atoms with Gasteiger partial charge in [0.05, 0.1) is 11.6 Å². The normalized spacial score (nSPS) is 14.8. The Bertz CT molecular complexity index is 490. The minimum absolute atomic E-state index is 0.271. The van der Waals surface area contributed by atoms with Crippen LogP contribution in [-0.2, 0) is 0 Å². The molecule has 2 atom stereocenters. The minimum Gasteiger partial charge on any atom is -0.388 e. The van der Waals surface area contributed by atoms with Gasteiger partial charge in [0.1, 0.15) is 0 Å². The number of benzene rings is 1. The van der Waals surface area contributed by atoms with Crippen molar-refractivity contribution in [2.24, 2.45) is 5.92 Å². The Labute approximate surface area is 102 Å². The van der Waals surface area contributed by atoms with E-state index in [2.05, 4.69) is 18.8 Å². The van der Waals surface area contributed by atoms with Gasteiger partial charge >= 0.3 is 0 Å². The Morgan fingerprint density at radius 1 is 1.24 bits per heavy atom. The number of hydrogen-bond donors (Lipinski definition) is 1. The monoisotopic (exact) mass is 229 g/mol. The van der Waals surface area contributed by atoms with Gasteiger partial charge in [-0.1, -0.05) is 44.5 Å². The van der Waals surface area contributed by atoms with E-state index in [0.29, 0.717) is 0 Å². The van der Waals surface area contributed by atoms with Crippen molar-refractivity contribution in [1.82, 2.24) is 4.98 Å². The predicted octanol–water partition coefficient (Wildman–Crippen LogP) is 3.70. The van der Waals surface area contributed by atoms with Crippen LogP contribution in [0.2, 0.25) is 0 Å². The third-order valence-electron chi connectivity index (χ3n) is 3.27. The van der Waals surface area contributed by atoms with Crippen molar-refractivity contribution in [1.29, 1.82) is 0 Å². The minimum atomic E-state index is -0.423. The number of para-hydroxylation sites is 1. The highest BCUT2D eigenvalue weighted by molar-refractivity contribution is 5.81. The first-order chi connectivity index (χ1) is 8.24. The summed E-state index contributed by atoms with van der Waals surface area (Å²) in [6.07, 6.45) is 3.48. The molecule has 1 heterocycles. The predicted molar refractivity (Wildman–Crippen MR) is 70.8 cm³/mol. The van der Waals surface area contributed by atoms with Gasteiger partial charge in [0.2, 0.25) is 0 Å². The number of aliphatic hydroxyl groups excluding tert-OH is 1. The fourth-order valence-corrected chi connectivity index (χ4v) is 2.29. The summed E-state index contributed by atoms with van der Waals surface area (Å²) >= 11 is 0. The summed E-state index contributed by atoms with van der Waals surface area (Å²) in [5.74, 6) is 0.271. The van der Waals surface area contributed by atoms with Crippen molar-refractivity contribution in [2.45, 2.75) is 32.8 Å². The molecular formula is C15H19NO. The van der Waals surface area contributed by atoms with E-state index in [-0.39, 0.29) is 5.92 Å². The third kappa shape index (κ3) is 2.47. The molecule has 0 aliphatic carbocycles. The molecule has 0 fully saturated rings. The van der Waals surface area contributed by atoms with Crippen molar-refractivity contribution in [3.05, 3.63) is 42.1 Å². The van der Waals surface area contributed by atoms with Crippen LogP contribution in [0.1, 0.15) is 38.4 Å². The van der Waals surface area contributed by atoms with Crippen LogP contribution >= 0.6 is 0 Å². The van der Waals surface area contributed by atoms with Crippen LogP contribution in [0, 0.1) is 5.92 Å². The zero-order valence-corrected chi connectivity index (χ0v) is 10.4. The second kappa shape index (κ2) is 5.28. The maximum absolute atomic E-state index is 10.4. The van der Waals surface area contributed by atoms with Gasteiger partial charge in [0.25, 0.3) is 0 Å². The van der Waals surface area contributed by atoms with Crippen LogP contribution in [0.4, 0.5) is 0 Å². The Morgan fingerprint density at radius 3 is 2.76 bits per heavy atom. The van der Waals surface area contributed by atoms with Crippen molar-refractivity contribution < 1.29 is 5.11 Å². The molecule has 90 valence electrons. The molecule has 0 aliphatic rings. The van der Waals surface area contributed by atoms with Crippen LogP contribution in [0.15, 0.2) is 36.5 Å². The van der Waals surface area contributed by atoms with Gasteiger partial charge in [-0.3, -0.25) is 4.98 Å². The zero-order valence-electron chi connectivity index (χ0n) is 10.4. The average molecular weight is 229 g/mol. The highest BCUT2D eigenvalue weighted by Gasteiger charge is 2.18. The number of fused-ring (bicyclic) bond motifs is 1. The number of pyridine rings is 1. The van der Waals surface area contributed by atoms with E-state index >= 15 is 0 Å². The fourth-order valence-electron chi connectivity index (χ4n) is 2.29. The molecule has 2 rings (SSSR count). The van der Waals surface area contributed by atoms with Crippen molar-refractivity contribution in [3.8, 4) is 0 Å². The molecule has 2 nitrogen and oxygen atoms in total. The van der Waals surface area contributed by atoms with Gasteiger partial charge in [-0.15, -0.1) is 0 Å². The Balaban J connectivity index is 2.41. The maximum Gasteiger partial charge on any atom is 0.0836 e. The lowest BCUT2D eigenvalue weighted by molar-refractivity contribution is 0.113. The number of hydrogen-bond acceptors (Lipinski definition) is 2. The summed E-state index contributed by atoms with van der Waals surface area (Å²) in [4.78, 5) is 4.38. The number of nitrogens with zero attached hydrogens (tertiary/aromatic N) is 1. The van der Waals surface area contributed by atoms with Gasteiger partial charge in [0.15, 0.2) is 0 Å². The standard InChI is InChI=1S/C15H19NO/c1-3-6-11(2)15(17)13-9-4-7-12-8-5-10-16-14(12)13/h4-5,7-11,15,17H,3,6H2,1-2H3. The van der Waals surface area contributed by atoms with E-state index in [9.17, 15) is 5.11 Å². The van der Waals surface area contributed by atoms with E-state index in [0.717, 1.165) is 29.3 Å². The van der Waals surface area contributed by atoms with Crippen molar-refractivity contribution >= 4 is 10.9 Å². The summed E-state index contributed by atoms with van der Waals surface area (Å²) in [5.41, 5.74) is 1.87. The molecule has 0 saturated carbocycles. The third-order valence-corrected chi connectivity index (χ3v) is 3.27. The second-order valence-corrected chi connectivity index (χ2v) is 4.63. The Kier molecular flexibility index (Phi) is 3.75. The highest BCUT2D eigenvalue weighted by atomic mass is 16.3. The lowest BCUT2D eigenvalue weighted by Crippen LogP contribution is -2.09. The summed E-state index contributed by atoms with van der Waals surface area (Å²) in [6, 6.07) is 9.95. The summed E-state index contributed by atoms with van der Waals surface area (Å²) in [6.45, 7) is 4.24. The van der Waals surface area contributed by atoms with E-state index in [4.69, 9.17) is 0 Å². The molecule has 0 amide bonds.